The van der Waals surface area contributed by atoms with Gasteiger partial charge in [0.15, 0.2) is 0 Å². The topological polar surface area (TPSA) is 56.5 Å². The molecule has 4 saturated carbocycles. The van der Waals surface area contributed by atoms with Gasteiger partial charge in [0.05, 0.1) is 6.42 Å². The molecule has 26 heavy (non-hydrogen) atoms. The zero-order valence-corrected chi connectivity index (χ0v) is 15.1. The molecule has 4 heteroatoms. The first kappa shape index (κ1) is 16.1. The number of carbonyl (C=O) groups is 1. The predicted octanol–water partition coefficient (Wildman–Crippen LogP) is 4.61. The van der Waals surface area contributed by atoms with E-state index in [9.17, 15) is 9.59 Å². The Morgan fingerprint density at radius 2 is 1.77 bits per heavy atom. The highest BCUT2D eigenvalue weighted by molar-refractivity contribution is 5.82. The van der Waals surface area contributed by atoms with Crippen molar-refractivity contribution in [2.24, 2.45) is 23.2 Å². The van der Waals surface area contributed by atoms with Gasteiger partial charge in [-0.3, -0.25) is 4.79 Å². The molecule has 0 amide bonds. The Bertz CT molecular complexity index is 904. The predicted molar refractivity (Wildman–Crippen MR) is 98.1 cm³/mol. The molecule has 1 heterocycles. The number of hydrogen-bond acceptors (Lipinski definition) is 4. The summed E-state index contributed by atoms with van der Waals surface area (Å²) in [6.45, 7) is 1.87. The number of ether oxygens (including phenoxy) is 1. The highest BCUT2D eigenvalue weighted by Gasteiger charge is 2.51. The summed E-state index contributed by atoms with van der Waals surface area (Å²) in [7, 11) is 0. The van der Waals surface area contributed by atoms with E-state index >= 15 is 0 Å². The van der Waals surface area contributed by atoms with Gasteiger partial charge in [-0.2, -0.15) is 0 Å². The molecular weight excluding hydrogens is 328 g/mol. The third-order valence-electron chi connectivity index (χ3n) is 6.84. The monoisotopic (exact) mass is 352 g/mol. The molecule has 0 spiro atoms. The minimum Gasteiger partial charge on any atom is -0.426 e. The number of aryl methyl sites for hydroxylation is 1. The minimum atomic E-state index is -0.382. The van der Waals surface area contributed by atoms with Crippen LogP contribution in [0.3, 0.4) is 0 Å². The smallest absolute Gasteiger partial charge is 0.336 e. The number of rotatable bonds is 3. The van der Waals surface area contributed by atoms with Crippen LogP contribution in [0.1, 0.15) is 50.5 Å². The molecule has 0 aliphatic heterocycles. The van der Waals surface area contributed by atoms with Gasteiger partial charge in [-0.1, -0.05) is 0 Å². The van der Waals surface area contributed by atoms with Crippen molar-refractivity contribution in [1.82, 2.24) is 0 Å². The fraction of sp³-hybridized carbons (Fsp3) is 0.545. The Kier molecular flexibility index (Phi) is 3.53. The maximum atomic E-state index is 12.7. The van der Waals surface area contributed by atoms with Gasteiger partial charge in [-0.25, -0.2) is 4.79 Å². The van der Waals surface area contributed by atoms with Gasteiger partial charge in [0.1, 0.15) is 11.3 Å². The van der Waals surface area contributed by atoms with E-state index in [1.165, 1.54) is 44.6 Å². The van der Waals surface area contributed by atoms with Gasteiger partial charge in [0.2, 0.25) is 0 Å². The van der Waals surface area contributed by atoms with E-state index in [1.54, 1.807) is 12.1 Å². The summed E-state index contributed by atoms with van der Waals surface area (Å²) in [6, 6.07) is 6.76. The third-order valence-corrected chi connectivity index (χ3v) is 6.84. The van der Waals surface area contributed by atoms with Crippen molar-refractivity contribution in [2.45, 2.75) is 51.9 Å². The molecule has 136 valence electrons. The lowest BCUT2D eigenvalue weighted by Crippen LogP contribution is -2.47. The number of benzene rings is 1. The van der Waals surface area contributed by atoms with Crippen molar-refractivity contribution in [2.75, 3.05) is 0 Å². The molecule has 2 aromatic rings. The molecule has 4 aliphatic rings. The maximum Gasteiger partial charge on any atom is 0.336 e. The summed E-state index contributed by atoms with van der Waals surface area (Å²) in [5, 5.41) is 0.866. The lowest BCUT2D eigenvalue weighted by atomic mass is 9.49. The number of hydrogen-bond donors (Lipinski definition) is 0. The van der Waals surface area contributed by atoms with Crippen molar-refractivity contribution >= 4 is 16.9 Å². The van der Waals surface area contributed by atoms with Crippen LogP contribution in [0, 0.1) is 30.1 Å². The van der Waals surface area contributed by atoms with Gasteiger partial charge < -0.3 is 9.15 Å². The normalized spacial score (nSPS) is 32.1. The molecule has 0 saturated heterocycles. The Morgan fingerprint density at radius 1 is 1.12 bits per heavy atom. The lowest BCUT2D eigenvalue weighted by Gasteiger charge is -2.56. The Hall–Kier alpha value is -2.10. The highest BCUT2D eigenvalue weighted by Crippen LogP contribution is 2.61. The molecular formula is C22H24O4. The number of carbonyl (C=O) groups excluding carboxylic acids is 1. The van der Waals surface area contributed by atoms with Crippen LogP contribution < -0.4 is 10.4 Å². The van der Waals surface area contributed by atoms with Crippen LogP contribution in [0.2, 0.25) is 0 Å². The summed E-state index contributed by atoms with van der Waals surface area (Å²) < 4.78 is 10.9. The third kappa shape index (κ3) is 2.76. The van der Waals surface area contributed by atoms with Gasteiger partial charge in [0, 0.05) is 17.5 Å². The molecule has 6 rings (SSSR count). The molecule has 0 N–H and O–H groups in total. The number of fused-ring (bicyclic) bond motifs is 1. The molecule has 4 fully saturated rings. The fourth-order valence-corrected chi connectivity index (χ4v) is 6.35. The first-order chi connectivity index (χ1) is 12.5. The van der Waals surface area contributed by atoms with E-state index in [-0.39, 0.29) is 17.0 Å². The largest absolute Gasteiger partial charge is 0.426 e. The molecule has 0 radical (unpaired) electrons. The fourth-order valence-electron chi connectivity index (χ4n) is 6.35. The standard InChI is InChI=1S/C22H24O4/c1-13-4-20(23)26-19-8-17(2-3-18(13)19)25-21(24)12-22-9-14-5-15(10-22)7-16(6-14)11-22/h2-4,8,14-16H,5-7,9-12H2,1H3. The van der Waals surface area contributed by atoms with Crippen LogP contribution in [0.25, 0.3) is 11.0 Å². The second-order valence-corrected chi connectivity index (χ2v) is 8.97. The number of esters is 1. The molecule has 4 bridgehead atoms. The molecule has 4 aliphatic carbocycles. The van der Waals surface area contributed by atoms with Crippen LogP contribution in [-0.4, -0.2) is 5.97 Å². The van der Waals surface area contributed by atoms with Crippen LogP contribution in [0.15, 0.2) is 33.5 Å². The average Bonchev–Trinajstić information content (AvgIpc) is 2.52. The van der Waals surface area contributed by atoms with Gasteiger partial charge >= 0.3 is 11.6 Å². The van der Waals surface area contributed by atoms with Crippen molar-refractivity contribution in [3.8, 4) is 5.75 Å². The van der Waals surface area contributed by atoms with Crippen LogP contribution >= 0.6 is 0 Å². The maximum absolute atomic E-state index is 12.7. The van der Waals surface area contributed by atoms with Gasteiger partial charge in [-0.05, 0) is 86.3 Å². The zero-order chi connectivity index (χ0) is 17.9. The Morgan fingerprint density at radius 3 is 2.42 bits per heavy atom. The first-order valence-corrected chi connectivity index (χ1v) is 9.73. The lowest BCUT2D eigenvalue weighted by molar-refractivity contribution is -0.142. The van der Waals surface area contributed by atoms with E-state index in [2.05, 4.69) is 0 Å². The molecule has 0 unspecified atom stereocenters. The second-order valence-electron chi connectivity index (χ2n) is 8.97. The van der Waals surface area contributed by atoms with E-state index in [1.807, 2.05) is 13.0 Å². The summed E-state index contributed by atoms with van der Waals surface area (Å²) in [5.41, 5.74) is 1.12. The quantitative estimate of drug-likeness (QED) is 0.460. The summed E-state index contributed by atoms with van der Waals surface area (Å²) >= 11 is 0. The minimum absolute atomic E-state index is 0.152. The van der Waals surface area contributed by atoms with Crippen molar-refractivity contribution in [3.63, 3.8) is 0 Å². The summed E-state index contributed by atoms with van der Waals surface area (Å²) in [4.78, 5) is 24.2. The van der Waals surface area contributed by atoms with Gasteiger partial charge in [0.25, 0.3) is 0 Å². The van der Waals surface area contributed by atoms with E-state index < -0.39 is 0 Å². The molecule has 1 aromatic carbocycles. The van der Waals surface area contributed by atoms with Crippen LogP contribution in [0.5, 0.6) is 5.75 Å². The zero-order valence-electron chi connectivity index (χ0n) is 15.1. The average molecular weight is 352 g/mol. The summed E-state index contributed by atoms with van der Waals surface area (Å²) in [6.07, 6.45) is 8.22. The first-order valence-electron chi connectivity index (χ1n) is 9.73. The van der Waals surface area contributed by atoms with Crippen molar-refractivity contribution in [1.29, 1.82) is 0 Å². The van der Waals surface area contributed by atoms with E-state index in [0.29, 0.717) is 17.8 Å². The second kappa shape index (κ2) is 5.70. The summed E-state index contributed by atoms with van der Waals surface area (Å²) in [5.74, 6) is 2.79. The van der Waals surface area contributed by atoms with Crippen molar-refractivity contribution < 1.29 is 13.9 Å². The van der Waals surface area contributed by atoms with E-state index in [0.717, 1.165) is 28.7 Å². The van der Waals surface area contributed by atoms with E-state index in [4.69, 9.17) is 9.15 Å². The van der Waals surface area contributed by atoms with Crippen LogP contribution in [0.4, 0.5) is 0 Å². The van der Waals surface area contributed by atoms with Gasteiger partial charge in [-0.15, -0.1) is 0 Å². The van der Waals surface area contributed by atoms with Crippen molar-refractivity contribution in [3.05, 3.63) is 40.2 Å². The SMILES string of the molecule is Cc1cc(=O)oc2cc(OC(=O)CC34CC5CC(CC(C5)C3)C4)ccc12. The molecule has 0 atom stereocenters. The Labute approximate surface area is 152 Å². The van der Waals surface area contributed by atoms with Crippen LogP contribution in [-0.2, 0) is 4.79 Å². The Balaban J connectivity index is 1.34. The molecule has 4 nitrogen and oxygen atoms in total. The molecule has 1 aromatic heterocycles. The highest BCUT2D eigenvalue weighted by atomic mass is 16.5.